The van der Waals surface area contributed by atoms with Crippen LogP contribution in [0.25, 0.3) is 0 Å². The molecule has 3 rings (SSSR count). The summed E-state index contributed by atoms with van der Waals surface area (Å²) >= 11 is 3.59. The van der Waals surface area contributed by atoms with Crippen LogP contribution in [0.3, 0.4) is 0 Å². The Bertz CT molecular complexity index is 747. The molecule has 1 aliphatic heterocycles. The molecule has 1 atom stereocenters. The third-order valence-corrected chi connectivity index (χ3v) is 4.58. The number of ether oxygens (including phenoxy) is 2. The molecule has 7 nitrogen and oxygen atoms in total. The van der Waals surface area contributed by atoms with Gasteiger partial charge in [-0.15, -0.1) is 0 Å². The molecular weight excluding hydrogens is 376 g/mol. The number of nitrogens with one attached hydrogen (secondary N) is 1. The van der Waals surface area contributed by atoms with Crippen molar-refractivity contribution < 1.29 is 14.3 Å². The van der Waals surface area contributed by atoms with Crippen LogP contribution in [0, 0.1) is 0 Å². The number of hydrogen-bond acceptors (Lipinski definition) is 5. The van der Waals surface area contributed by atoms with Gasteiger partial charge < -0.3 is 9.47 Å². The third kappa shape index (κ3) is 3.24. The second-order valence-electron chi connectivity index (χ2n) is 5.52. The highest BCUT2D eigenvalue weighted by Crippen LogP contribution is 2.40. The zero-order valence-electron chi connectivity index (χ0n) is 13.6. The van der Waals surface area contributed by atoms with E-state index in [1.807, 2.05) is 12.1 Å². The van der Waals surface area contributed by atoms with E-state index in [0.717, 1.165) is 22.9 Å². The normalized spacial score (nSPS) is 16.5. The molecule has 0 saturated heterocycles. The van der Waals surface area contributed by atoms with Gasteiger partial charge in [0, 0.05) is 4.47 Å². The van der Waals surface area contributed by atoms with Gasteiger partial charge in [0.05, 0.1) is 26.2 Å². The number of unbranched alkanes of at least 4 members (excludes halogenated alkanes) is 1. The number of aromatic nitrogens is 3. The van der Waals surface area contributed by atoms with Crippen LogP contribution in [-0.2, 0) is 4.79 Å². The van der Waals surface area contributed by atoms with E-state index in [2.05, 4.69) is 38.3 Å². The number of anilines is 1. The quantitative estimate of drug-likeness (QED) is 0.761. The number of benzene rings is 1. The number of carbonyl (C=O) groups is 1. The van der Waals surface area contributed by atoms with Crippen LogP contribution in [-0.4, -0.2) is 34.4 Å². The maximum Gasteiger partial charge on any atom is 0.229 e. The van der Waals surface area contributed by atoms with Crippen LogP contribution in [0.5, 0.6) is 11.5 Å². The number of rotatable bonds is 6. The summed E-state index contributed by atoms with van der Waals surface area (Å²) in [6.07, 6.45) is 3.76. The van der Waals surface area contributed by atoms with Crippen LogP contribution >= 0.6 is 15.9 Å². The van der Waals surface area contributed by atoms with Crippen molar-refractivity contribution >= 4 is 27.8 Å². The molecule has 2 aromatic rings. The standard InChI is InChI=1S/C16H19BrN4O3/c1-3-4-5-24-14-7-11(17)10(6-13(14)23-2)12-8-15(22)20-16-18-9-19-21(12)16/h6-7,9,12H,3-5,8H2,1-2H3,(H,18,19,20,22)/t12-/m0/s1. The Morgan fingerprint density at radius 1 is 1.42 bits per heavy atom. The zero-order valence-corrected chi connectivity index (χ0v) is 15.2. The number of methoxy groups -OCH3 is 1. The minimum Gasteiger partial charge on any atom is -0.493 e. The molecule has 1 N–H and O–H groups in total. The van der Waals surface area contributed by atoms with E-state index < -0.39 is 0 Å². The highest BCUT2D eigenvalue weighted by Gasteiger charge is 2.30. The molecule has 0 fully saturated rings. The van der Waals surface area contributed by atoms with Gasteiger partial charge in [-0.3, -0.25) is 10.1 Å². The fraction of sp³-hybridized carbons (Fsp3) is 0.438. The van der Waals surface area contributed by atoms with E-state index in [9.17, 15) is 4.79 Å². The molecule has 128 valence electrons. The minimum atomic E-state index is -0.246. The summed E-state index contributed by atoms with van der Waals surface area (Å²) in [5.41, 5.74) is 0.899. The largest absolute Gasteiger partial charge is 0.493 e. The first kappa shape index (κ1) is 16.8. The predicted molar refractivity (Wildman–Crippen MR) is 92.5 cm³/mol. The van der Waals surface area contributed by atoms with Crippen LogP contribution in [0.2, 0.25) is 0 Å². The predicted octanol–water partition coefficient (Wildman–Crippen LogP) is 3.16. The second kappa shape index (κ2) is 7.21. The lowest BCUT2D eigenvalue weighted by atomic mass is 10.0. The van der Waals surface area contributed by atoms with E-state index in [-0.39, 0.29) is 18.4 Å². The van der Waals surface area contributed by atoms with Crippen molar-refractivity contribution in [3.8, 4) is 11.5 Å². The molecule has 0 spiro atoms. The molecule has 0 saturated carbocycles. The second-order valence-corrected chi connectivity index (χ2v) is 6.38. The molecular formula is C16H19BrN4O3. The molecule has 0 unspecified atom stereocenters. The van der Waals surface area contributed by atoms with Crippen LogP contribution < -0.4 is 14.8 Å². The molecule has 0 aliphatic carbocycles. The van der Waals surface area contributed by atoms with Crippen LogP contribution in [0.1, 0.15) is 37.8 Å². The average Bonchev–Trinajstić information content (AvgIpc) is 3.03. The molecule has 0 bridgehead atoms. The summed E-state index contributed by atoms with van der Waals surface area (Å²) in [5.74, 6) is 1.68. The smallest absolute Gasteiger partial charge is 0.229 e. The van der Waals surface area contributed by atoms with Crippen molar-refractivity contribution in [2.75, 3.05) is 19.0 Å². The Kier molecular flexibility index (Phi) is 5.03. The van der Waals surface area contributed by atoms with Crippen molar-refractivity contribution in [2.24, 2.45) is 0 Å². The SMILES string of the molecule is CCCCOc1cc(Br)c([C@@H]2CC(=O)Nc3ncnn32)cc1OC. The Morgan fingerprint density at radius 2 is 2.25 bits per heavy atom. The summed E-state index contributed by atoms with van der Waals surface area (Å²) in [5, 5.41) is 6.94. The Hall–Kier alpha value is -2.09. The van der Waals surface area contributed by atoms with Gasteiger partial charge in [-0.2, -0.15) is 10.1 Å². The minimum absolute atomic E-state index is 0.0883. The average molecular weight is 395 g/mol. The van der Waals surface area contributed by atoms with Crippen molar-refractivity contribution in [3.63, 3.8) is 0 Å². The lowest BCUT2D eigenvalue weighted by Gasteiger charge is -2.25. The number of fused-ring (bicyclic) bond motifs is 1. The fourth-order valence-electron chi connectivity index (χ4n) is 2.65. The molecule has 24 heavy (non-hydrogen) atoms. The van der Waals surface area contributed by atoms with E-state index in [1.165, 1.54) is 6.33 Å². The number of amides is 1. The molecule has 1 aromatic carbocycles. The first-order valence-corrected chi connectivity index (χ1v) is 8.63. The Balaban J connectivity index is 1.96. The van der Waals surface area contributed by atoms with Gasteiger partial charge in [-0.1, -0.05) is 29.3 Å². The Morgan fingerprint density at radius 3 is 3.00 bits per heavy atom. The number of nitrogens with zero attached hydrogens (tertiary/aromatic N) is 3. The van der Waals surface area contributed by atoms with Gasteiger partial charge in [0.2, 0.25) is 11.9 Å². The lowest BCUT2D eigenvalue weighted by Crippen LogP contribution is -2.29. The maximum absolute atomic E-state index is 12.0. The lowest BCUT2D eigenvalue weighted by molar-refractivity contribution is -0.117. The summed E-state index contributed by atoms with van der Waals surface area (Å²) in [4.78, 5) is 16.0. The molecule has 1 aromatic heterocycles. The summed E-state index contributed by atoms with van der Waals surface area (Å²) in [6.45, 7) is 2.75. The topological polar surface area (TPSA) is 78.3 Å². The summed E-state index contributed by atoms with van der Waals surface area (Å²) in [7, 11) is 1.61. The van der Waals surface area contributed by atoms with Crippen molar-refractivity contribution in [2.45, 2.75) is 32.2 Å². The van der Waals surface area contributed by atoms with Gasteiger partial charge in [-0.25, -0.2) is 4.68 Å². The number of hydrogen-bond donors (Lipinski definition) is 1. The maximum atomic E-state index is 12.0. The zero-order chi connectivity index (χ0) is 17.1. The van der Waals surface area contributed by atoms with Gasteiger partial charge in [-0.05, 0) is 24.1 Å². The van der Waals surface area contributed by atoms with E-state index in [1.54, 1.807) is 11.8 Å². The van der Waals surface area contributed by atoms with Crippen molar-refractivity contribution in [1.82, 2.24) is 14.8 Å². The van der Waals surface area contributed by atoms with Gasteiger partial charge in [0.25, 0.3) is 0 Å². The first-order chi connectivity index (χ1) is 11.6. The highest BCUT2D eigenvalue weighted by molar-refractivity contribution is 9.10. The van der Waals surface area contributed by atoms with E-state index in [0.29, 0.717) is 24.1 Å². The molecule has 0 radical (unpaired) electrons. The van der Waals surface area contributed by atoms with Gasteiger partial charge in [0.15, 0.2) is 11.5 Å². The summed E-state index contributed by atoms with van der Waals surface area (Å²) in [6, 6.07) is 3.52. The highest BCUT2D eigenvalue weighted by atomic mass is 79.9. The van der Waals surface area contributed by atoms with E-state index in [4.69, 9.17) is 9.47 Å². The van der Waals surface area contributed by atoms with Crippen molar-refractivity contribution in [1.29, 1.82) is 0 Å². The van der Waals surface area contributed by atoms with Crippen LogP contribution in [0.4, 0.5) is 5.95 Å². The Labute approximate surface area is 148 Å². The van der Waals surface area contributed by atoms with Gasteiger partial charge in [0.1, 0.15) is 6.33 Å². The third-order valence-electron chi connectivity index (χ3n) is 3.90. The van der Waals surface area contributed by atoms with Crippen LogP contribution in [0.15, 0.2) is 22.9 Å². The number of halogens is 1. The van der Waals surface area contributed by atoms with Gasteiger partial charge >= 0.3 is 0 Å². The molecule has 1 aliphatic rings. The number of carbonyl (C=O) groups excluding carboxylic acids is 1. The molecule has 8 heteroatoms. The van der Waals surface area contributed by atoms with Crippen molar-refractivity contribution in [3.05, 3.63) is 28.5 Å². The molecule has 2 heterocycles. The summed E-state index contributed by atoms with van der Waals surface area (Å²) < 4.78 is 13.8. The monoisotopic (exact) mass is 394 g/mol. The van der Waals surface area contributed by atoms with E-state index >= 15 is 0 Å². The fourth-order valence-corrected chi connectivity index (χ4v) is 3.24. The molecule has 1 amide bonds. The first-order valence-electron chi connectivity index (χ1n) is 7.83.